The first-order valence-corrected chi connectivity index (χ1v) is 4.04. The van der Waals surface area contributed by atoms with Crippen molar-refractivity contribution in [3.63, 3.8) is 0 Å². The largest absolute Gasteiger partial charge is 0.396 e. The zero-order valence-electron chi connectivity index (χ0n) is 6.40. The van der Waals surface area contributed by atoms with Gasteiger partial charge in [0.2, 0.25) is 0 Å². The molecule has 2 nitrogen and oxygen atoms in total. The van der Waals surface area contributed by atoms with E-state index in [1.165, 1.54) is 6.92 Å². The number of hydrogen-bond donors (Lipinski definition) is 1. The van der Waals surface area contributed by atoms with Crippen LogP contribution in [0.3, 0.4) is 0 Å². The van der Waals surface area contributed by atoms with Crippen LogP contribution in [0, 0.1) is 0 Å². The molecule has 0 aliphatic heterocycles. The molecular weight excluding hydrogens is 197 g/mol. The van der Waals surface area contributed by atoms with Crippen LogP contribution >= 0.6 is 23.2 Å². The predicted molar refractivity (Wildman–Crippen MR) is 50.9 cm³/mol. The van der Waals surface area contributed by atoms with Crippen molar-refractivity contribution in [3.05, 3.63) is 27.7 Å². The zero-order chi connectivity index (χ0) is 9.30. The SMILES string of the molecule is CC(=O)c1ccc(Cl)c(N)c1Cl. The maximum Gasteiger partial charge on any atom is 0.161 e. The van der Waals surface area contributed by atoms with Crippen LogP contribution < -0.4 is 5.73 Å². The molecule has 0 atom stereocenters. The summed E-state index contributed by atoms with van der Waals surface area (Å²) < 4.78 is 0. The molecule has 0 amide bonds. The van der Waals surface area contributed by atoms with Crippen LogP contribution in [0.15, 0.2) is 12.1 Å². The summed E-state index contributed by atoms with van der Waals surface area (Å²) in [5.41, 5.74) is 6.16. The molecule has 0 saturated heterocycles. The van der Waals surface area contributed by atoms with Gasteiger partial charge in [-0.05, 0) is 19.1 Å². The lowest BCUT2D eigenvalue weighted by atomic mass is 10.1. The van der Waals surface area contributed by atoms with Gasteiger partial charge < -0.3 is 5.73 Å². The maximum absolute atomic E-state index is 10.9. The average Bonchev–Trinajstić information content (AvgIpc) is 2.00. The van der Waals surface area contributed by atoms with E-state index in [9.17, 15) is 4.79 Å². The number of anilines is 1. The van der Waals surface area contributed by atoms with Crippen molar-refractivity contribution in [3.8, 4) is 0 Å². The van der Waals surface area contributed by atoms with E-state index in [-0.39, 0.29) is 16.5 Å². The van der Waals surface area contributed by atoms with Crippen LogP contribution in [0.5, 0.6) is 0 Å². The van der Waals surface area contributed by atoms with E-state index < -0.39 is 0 Å². The van der Waals surface area contributed by atoms with Crippen LogP contribution in [0.4, 0.5) is 5.69 Å². The number of benzene rings is 1. The van der Waals surface area contributed by atoms with Crippen molar-refractivity contribution in [2.75, 3.05) is 5.73 Å². The second-order valence-electron chi connectivity index (χ2n) is 2.38. The lowest BCUT2D eigenvalue weighted by Gasteiger charge is -2.04. The van der Waals surface area contributed by atoms with Crippen molar-refractivity contribution >= 4 is 34.7 Å². The Kier molecular flexibility index (Phi) is 2.60. The first-order valence-electron chi connectivity index (χ1n) is 3.28. The average molecular weight is 204 g/mol. The second-order valence-corrected chi connectivity index (χ2v) is 3.16. The molecule has 0 spiro atoms. The van der Waals surface area contributed by atoms with E-state index in [0.717, 1.165) is 0 Å². The highest BCUT2D eigenvalue weighted by molar-refractivity contribution is 6.40. The van der Waals surface area contributed by atoms with Gasteiger partial charge in [0.05, 0.1) is 15.7 Å². The summed E-state index contributed by atoms with van der Waals surface area (Å²) in [7, 11) is 0. The minimum atomic E-state index is -0.122. The number of Topliss-reactive ketones (excluding diaryl/α,β-unsaturated/α-hetero) is 1. The van der Waals surface area contributed by atoms with Crippen LogP contribution in [0.1, 0.15) is 17.3 Å². The molecule has 12 heavy (non-hydrogen) atoms. The van der Waals surface area contributed by atoms with E-state index in [1.807, 2.05) is 0 Å². The van der Waals surface area contributed by atoms with Crippen molar-refractivity contribution < 1.29 is 4.79 Å². The normalized spacial score (nSPS) is 9.92. The summed E-state index contributed by atoms with van der Waals surface area (Å²) >= 11 is 11.4. The Morgan fingerprint density at radius 2 is 2.00 bits per heavy atom. The molecule has 0 aliphatic rings. The summed E-state index contributed by atoms with van der Waals surface area (Å²) in [5.74, 6) is -0.122. The van der Waals surface area contributed by atoms with Gasteiger partial charge in [0.25, 0.3) is 0 Å². The number of carbonyl (C=O) groups is 1. The van der Waals surface area contributed by atoms with E-state index in [1.54, 1.807) is 12.1 Å². The third-order valence-electron chi connectivity index (χ3n) is 1.51. The number of nitrogens with two attached hydrogens (primary N) is 1. The smallest absolute Gasteiger partial charge is 0.161 e. The molecular formula is C8H7Cl2NO. The van der Waals surface area contributed by atoms with Gasteiger partial charge in [-0.3, -0.25) is 4.79 Å². The van der Waals surface area contributed by atoms with Crippen LogP contribution in [0.2, 0.25) is 10.0 Å². The van der Waals surface area contributed by atoms with Gasteiger partial charge in [-0.2, -0.15) is 0 Å². The van der Waals surface area contributed by atoms with Crippen LogP contribution in [-0.2, 0) is 0 Å². The highest BCUT2D eigenvalue weighted by atomic mass is 35.5. The van der Waals surface area contributed by atoms with Gasteiger partial charge in [-0.1, -0.05) is 23.2 Å². The molecule has 0 bridgehead atoms. The van der Waals surface area contributed by atoms with Crippen molar-refractivity contribution in [1.29, 1.82) is 0 Å². The Morgan fingerprint density at radius 3 is 2.50 bits per heavy atom. The molecule has 0 unspecified atom stereocenters. The quantitative estimate of drug-likeness (QED) is 0.564. The highest BCUT2D eigenvalue weighted by Crippen LogP contribution is 2.30. The standard InChI is InChI=1S/C8H7Cl2NO/c1-4(12)5-2-3-6(9)8(11)7(5)10/h2-3H,11H2,1H3. The van der Waals surface area contributed by atoms with Gasteiger partial charge in [-0.25, -0.2) is 0 Å². The van der Waals surface area contributed by atoms with E-state index in [0.29, 0.717) is 10.6 Å². The molecule has 64 valence electrons. The zero-order valence-corrected chi connectivity index (χ0v) is 7.91. The third kappa shape index (κ3) is 1.54. The molecule has 1 aromatic carbocycles. The Morgan fingerprint density at radius 1 is 1.42 bits per heavy atom. The summed E-state index contributed by atoms with van der Waals surface area (Å²) in [6.45, 7) is 1.43. The molecule has 1 rings (SSSR count). The number of ketones is 1. The topological polar surface area (TPSA) is 43.1 Å². The van der Waals surface area contributed by atoms with Gasteiger partial charge >= 0.3 is 0 Å². The number of rotatable bonds is 1. The van der Waals surface area contributed by atoms with Gasteiger partial charge in [-0.15, -0.1) is 0 Å². The van der Waals surface area contributed by atoms with Crippen LogP contribution in [0.25, 0.3) is 0 Å². The summed E-state index contributed by atoms with van der Waals surface area (Å²) in [5, 5.41) is 0.597. The van der Waals surface area contributed by atoms with Crippen molar-refractivity contribution in [1.82, 2.24) is 0 Å². The molecule has 4 heteroatoms. The Hall–Kier alpha value is -0.730. The first kappa shape index (κ1) is 9.36. The third-order valence-corrected chi connectivity index (χ3v) is 2.24. The Bertz CT molecular complexity index is 336. The minimum absolute atomic E-state index is 0.122. The Balaban J connectivity index is 3.36. The van der Waals surface area contributed by atoms with Gasteiger partial charge in [0.15, 0.2) is 5.78 Å². The molecule has 2 N–H and O–H groups in total. The van der Waals surface area contributed by atoms with Crippen LogP contribution in [-0.4, -0.2) is 5.78 Å². The predicted octanol–water partition coefficient (Wildman–Crippen LogP) is 2.78. The van der Waals surface area contributed by atoms with Crippen molar-refractivity contribution in [2.45, 2.75) is 6.92 Å². The van der Waals surface area contributed by atoms with Gasteiger partial charge in [0, 0.05) is 5.56 Å². The Labute approximate surface area is 80.3 Å². The fourth-order valence-corrected chi connectivity index (χ4v) is 1.34. The maximum atomic E-state index is 10.9. The molecule has 0 heterocycles. The first-order chi connectivity index (χ1) is 5.54. The molecule has 0 aromatic heterocycles. The number of nitrogen functional groups attached to an aromatic ring is 1. The minimum Gasteiger partial charge on any atom is -0.396 e. The fourth-order valence-electron chi connectivity index (χ4n) is 0.841. The van der Waals surface area contributed by atoms with Gasteiger partial charge in [0.1, 0.15) is 0 Å². The fraction of sp³-hybridized carbons (Fsp3) is 0.125. The number of hydrogen-bond acceptors (Lipinski definition) is 2. The molecule has 0 saturated carbocycles. The van der Waals surface area contributed by atoms with Crippen molar-refractivity contribution in [2.24, 2.45) is 0 Å². The molecule has 0 aliphatic carbocycles. The highest BCUT2D eigenvalue weighted by Gasteiger charge is 2.10. The van der Waals surface area contributed by atoms with E-state index in [2.05, 4.69) is 0 Å². The molecule has 1 aromatic rings. The number of carbonyl (C=O) groups excluding carboxylic acids is 1. The lowest BCUT2D eigenvalue weighted by molar-refractivity contribution is 0.101. The number of halogens is 2. The summed E-state index contributed by atoms with van der Waals surface area (Å²) in [6, 6.07) is 3.11. The van der Waals surface area contributed by atoms with E-state index >= 15 is 0 Å². The molecule has 0 fully saturated rings. The second kappa shape index (κ2) is 3.33. The molecule has 0 radical (unpaired) electrons. The summed E-state index contributed by atoms with van der Waals surface area (Å²) in [4.78, 5) is 10.9. The summed E-state index contributed by atoms with van der Waals surface area (Å²) in [6.07, 6.45) is 0. The van der Waals surface area contributed by atoms with E-state index in [4.69, 9.17) is 28.9 Å². The lowest BCUT2D eigenvalue weighted by Crippen LogP contribution is -1.97. The monoisotopic (exact) mass is 203 g/mol.